The molecule has 1 aliphatic heterocycles. The maximum atomic E-state index is 11.9. The summed E-state index contributed by atoms with van der Waals surface area (Å²) in [5, 5.41) is -2.13. The van der Waals surface area contributed by atoms with E-state index in [9.17, 15) is 17.8 Å². The summed E-state index contributed by atoms with van der Waals surface area (Å²) < 4.78 is 38.4. The molecule has 1 N–H and O–H groups in total. The van der Waals surface area contributed by atoms with Gasteiger partial charge in [-0.05, 0) is 24.3 Å². The van der Waals surface area contributed by atoms with E-state index in [-0.39, 0.29) is 0 Å². The van der Waals surface area contributed by atoms with Crippen molar-refractivity contribution in [2.45, 2.75) is 11.5 Å². The van der Waals surface area contributed by atoms with Gasteiger partial charge in [0.25, 0.3) is 0 Å². The van der Waals surface area contributed by atoms with Gasteiger partial charge in [-0.15, -0.1) is 0 Å². The number of carbonyl (C=O) groups excluding carboxylic acids is 1. The summed E-state index contributed by atoms with van der Waals surface area (Å²) in [5.74, 6) is -0.686. The highest BCUT2D eigenvalue weighted by atomic mass is 32.2. The third-order valence-corrected chi connectivity index (χ3v) is 4.63. The van der Waals surface area contributed by atoms with E-state index in [0.717, 1.165) is 0 Å². The Morgan fingerprint density at radius 3 is 1.68 bits per heavy atom. The van der Waals surface area contributed by atoms with Crippen LogP contribution in [0.25, 0.3) is 0 Å². The van der Waals surface area contributed by atoms with Crippen LogP contribution in [0.2, 0.25) is 0 Å². The first-order chi connectivity index (χ1) is 10.4. The molecule has 1 heterocycles. The summed E-state index contributed by atoms with van der Waals surface area (Å²) in [4.78, 5) is 12.6. The van der Waals surface area contributed by atoms with Crippen molar-refractivity contribution in [3.8, 4) is 0 Å². The molecule has 0 amide bonds. The van der Waals surface area contributed by atoms with Gasteiger partial charge in [0.1, 0.15) is 6.42 Å². The van der Waals surface area contributed by atoms with Gasteiger partial charge in [0.2, 0.25) is 0 Å². The SMILES string of the molecule is O=C1CC(N(c2ccccc2)c2ccccc2)(S(=O)(=O)O)O1. The molecule has 2 aromatic rings. The van der Waals surface area contributed by atoms with Gasteiger partial charge in [-0.3, -0.25) is 14.2 Å². The van der Waals surface area contributed by atoms with Crippen molar-refractivity contribution in [3.05, 3.63) is 60.7 Å². The summed E-state index contributed by atoms with van der Waals surface area (Å²) in [5.41, 5.74) is 0.970. The second-order valence-electron chi connectivity index (χ2n) is 4.85. The monoisotopic (exact) mass is 319 g/mol. The predicted octanol–water partition coefficient (Wildman–Crippen LogP) is 2.31. The molecule has 1 aliphatic rings. The highest BCUT2D eigenvalue weighted by Crippen LogP contribution is 2.44. The van der Waals surface area contributed by atoms with Crippen molar-refractivity contribution in [1.29, 1.82) is 0 Å². The van der Waals surface area contributed by atoms with Crippen molar-refractivity contribution in [2.75, 3.05) is 4.90 Å². The molecule has 1 saturated heterocycles. The van der Waals surface area contributed by atoms with E-state index in [0.29, 0.717) is 11.4 Å². The van der Waals surface area contributed by atoms with Crippen LogP contribution in [0, 0.1) is 0 Å². The lowest BCUT2D eigenvalue weighted by atomic mass is 10.1. The lowest BCUT2D eigenvalue weighted by Crippen LogP contribution is -2.63. The van der Waals surface area contributed by atoms with Crippen LogP contribution < -0.4 is 4.90 Å². The summed E-state index contributed by atoms with van der Waals surface area (Å²) in [6, 6.07) is 17.1. The van der Waals surface area contributed by atoms with Crippen LogP contribution >= 0.6 is 0 Å². The predicted molar refractivity (Wildman–Crippen MR) is 80.0 cm³/mol. The smallest absolute Gasteiger partial charge is 0.328 e. The van der Waals surface area contributed by atoms with E-state index in [1.807, 2.05) is 0 Å². The zero-order chi connectivity index (χ0) is 15.8. The van der Waals surface area contributed by atoms with E-state index >= 15 is 0 Å². The second kappa shape index (κ2) is 5.11. The number of hydrogen-bond acceptors (Lipinski definition) is 5. The molecule has 6 nitrogen and oxygen atoms in total. The van der Waals surface area contributed by atoms with E-state index in [1.54, 1.807) is 60.7 Å². The topological polar surface area (TPSA) is 83.9 Å². The van der Waals surface area contributed by atoms with Gasteiger partial charge in [0.05, 0.1) is 0 Å². The van der Waals surface area contributed by atoms with Crippen LogP contribution in [0.3, 0.4) is 0 Å². The van der Waals surface area contributed by atoms with Crippen molar-refractivity contribution in [1.82, 2.24) is 0 Å². The lowest BCUT2D eigenvalue weighted by Gasteiger charge is -2.46. The second-order valence-corrected chi connectivity index (χ2v) is 6.43. The Morgan fingerprint density at radius 1 is 0.955 bits per heavy atom. The summed E-state index contributed by atoms with van der Waals surface area (Å²) in [6.45, 7) is 0. The molecule has 0 aromatic heterocycles. The van der Waals surface area contributed by atoms with Crippen LogP contribution in [0.5, 0.6) is 0 Å². The maximum absolute atomic E-state index is 11.9. The third kappa shape index (κ3) is 2.24. The molecule has 0 radical (unpaired) electrons. The molecular formula is C15H13NO5S. The van der Waals surface area contributed by atoms with Crippen LogP contribution in [0.4, 0.5) is 11.4 Å². The van der Waals surface area contributed by atoms with Gasteiger partial charge in [-0.1, -0.05) is 36.4 Å². The number of esters is 1. The van der Waals surface area contributed by atoms with Crippen LogP contribution in [0.1, 0.15) is 6.42 Å². The van der Waals surface area contributed by atoms with Crippen molar-refractivity contribution in [2.24, 2.45) is 0 Å². The molecule has 1 atom stereocenters. The average Bonchev–Trinajstić information content (AvgIpc) is 2.46. The molecule has 0 saturated carbocycles. The molecule has 2 aromatic carbocycles. The minimum atomic E-state index is -4.67. The van der Waals surface area contributed by atoms with Crippen LogP contribution in [-0.4, -0.2) is 24.0 Å². The number of benzene rings is 2. The number of cyclic esters (lactones) is 1. The Bertz CT molecular complexity index is 742. The standard InChI is InChI=1S/C15H13NO5S/c17-14-11-15(21-14,22(18,19)20)16(12-7-3-1-4-8-12)13-9-5-2-6-10-13/h1-10H,11H2,(H,18,19,20). The quantitative estimate of drug-likeness (QED) is 0.688. The zero-order valence-corrected chi connectivity index (χ0v) is 12.2. The van der Waals surface area contributed by atoms with E-state index in [2.05, 4.69) is 0 Å². The molecule has 7 heteroatoms. The summed E-state index contributed by atoms with van der Waals surface area (Å²) in [6.07, 6.45) is -0.449. The first-order valence-electron chi connectivity index (χ1n) is 6.53. The largest absolute Gasteiger partial charge is 0.420 e. The zero-order valence-electron chi connectivity index (χ0n) is 11.4. The van der Waals surface area contributed by atoms with E-state index in [4.69, 9.17) is 4.74 Å². The molecule has 1 fully saturated rings. The summed E-state index contributed by atoms with van der Waals surface area (Å²) in [7, 11) is -4.67. The highest BCUT2D eigenvalue weighted by molar-refractivity contribution is 7.87. The number of hydrogen-bond donors (Lipinski definition) is 1. The number of ether oxygens (including phenoxy) is 1. The minimum Gasteiger partial charge on any atom is -0.420 e. The normalized spacial score (nSPS) is 20.9. The van der Waals surface area contributed by atoms with E-state index < -0.39 is 27.6 Å². The van der Waals surface area contributed by atoms with Gasteiger partial charge >= 0.3 is 21.1 Å². The number of para-hydroxylation sites is 2. The molecular weight excluding hydrogens is 306 g/mol. The maximum Gasteiger partial charge on any atom is 0.328 e. The van der Waals surface area contributed by atoms with Gasteiger partial charge in [0, 0.05) is 11.4 Å². The molecule has 3 rings (SSSR count). The third-order valence-electron chi connectivity index (χ3n) is 3.41. The first kappa shape index (κ1) is 14.6. The lowest BCUT2D eigenvalue weighted by molar-refractivity contribution is -0.175. The number of rotatable bonds is 4. The van der Waals surface area contributed by atoms with Crippen LogP contribution in [-0.2, 0) is 19.6 Å². The van der Waals surface area contributed by atoms with Crippen molar-refractivity contribution >= 4 is 27.5 Å². The Kier molecular flexibility index (Phi) is 3.38. The molecule has 22 heavy (non-hydrogen) atoms. The Labute approximate surface area is 127 Å². The van der Waals surface area contributed by atoms with Gasteiger partial charge in [-0.25, -0.2) is 0 Å². The fourth-order valence-corrected chi connectivity index (χ4v) is 3.37. The van der Waals surface area contributed by atoms with Crippen molar-refractivity contribution in [3.63, 3.8) is 0 Å². The number of anilines is 2. The molecule has 1 unspecified atom stereocenters. The van der Waals surface area contributed by atoms with E-state index in [1.165, 1.54) is 4.90 Å². The highest BCUT2D eigenvalue weighted by Gasteiger charge is 2.62. The Hall–Kier alpha value is -2.38. The summed E-state index contributed by atoms with van der Waals surface area (Å²) >= 11 is 0. The number of carbonyl (C=O) groups is 1. The molecule has 0 aliphatic carbocycles. The van der Waals surface area contributed by atoms with Gasteiger partial charge in [-0.2, -0.15) is 8.42 Å². The number of nitrogens with zero attached hydrogens (tertiary/aromatic N) is 1. The average molecular weight is 319 g/mol. The Morgan fingerprint density at radius 2 is 1.36 bits per heavy atom. The fraction of sp³-hybridized carbons (Fsp3) is 0.133. The first-order valence-corrected chi connectivity index (χ1v) is 7.97. The molecule has 0 spiro atoms. The van der Waals surface area contributed by atoms with Crippen LogP contribution in [0.15, 0.2) is 60.7 Å². The Balaban J connectivity index is 2.20. The van der Waals surface area contributed by atoms with Gasteiger partial charge < -0.3 is 4.74 Å². The van der Waals surface area contributed by atoms with Crippen molar-refractivity contribution < 1.29 is 22.5 Å². The minimum absolute atomic E-state index is 0.449. The molecule has 0 bridgehead atoms. The fourth-order valence-electron chi connectivity index (χ4n) is 2.43. The van der Waals surface area contributed by atoms with Gasteiger partial charge in [0.15, 0.2) is 0 Å². The molecule has 114 valence electrons.